The van der Waals surface area contributed by atoms with Gasteiger partial charge in [-0.1, -0.05) is 25.3 Å². The van der Waals surface area contributed by atoms with Gasteiger partial charge in [-0.25, -0.2) is 0 Å². The predicted molar refractivity (Wildman–Crippen MR) is 78.5 cm³/mol. The van der Waals surface area contributed by atoms with Crippen molar-refractivity contribution in [1.82, 2.24) is 10.6 Å². The van der Waals surface area contributed by atoms with Gasteiger partial charge in [0, 0.05) is 30.4 Å². The van der Waals surface area contributed by atoms with E-state index in [-0.39, 0.29) is 11.3 Å². The Kier molecular flexibility index (Phi) is 3.89. The van der Waals surface area contributed by atoms with E-state index in [1.54, 1.807) is 11.3 Å². The Hall–Kier alpha value is -0.870. The topological polar surface area (TPSA) is 41.1 Å². The van der Waals surface area contributed by atoms with Crippen LogP contribution in [-0.4, -0.2) is 25.5 Å². The van der Waals surface area contributed by atoms with E-state index in [9.17, 15) is 4.79 Å². The third-order valence-corrected chi connectivity index (χ3v) is 5.63. The van der Waals surface area contributed by atoms with E-state index < -0.39 is 0 Å². The average molecular weight is 278 g/mol. The maximum absolute atomic E-state index is 12.7. The van der Waals surface area contributed by atoms with Gasteiger partial charge >= 0.3 is 0 Å². The summed E-state index contributed by atoms with van der Waals surface area (Å²) in [7, 11) is 0. The minimum Gasteiger partial charge on any atom is -0.355 e. The van der Waals surface area contributed by atoms with Gasteiger partial charge in [0.2, 0.25) is 5.91 Å². The molecule has 0 unspecified atom stereocenters. The van der Waals surface area contributed by atoms with Gasteiger partial charge in [0.05, 0.1) is 5.41 Å². The minimum atomic E-state index is -0.233. The standard InChI is InChI=1S/C15H22N2OS/c18-14(17-11-12-9-16-10-12)15(6-2-1-3-7-15)13-5-4-8-19-13/h4-5,8,12,16H,1-3,6-7,9-11H2,(H,17,18). The molecule has 19 heavy (non-hydrogen) atoms. The van der Waals surface area contributed by atoms with Crippen LogP contribution in [-0.2, 0) is 10.2 Å². The van der Waals surface area contributed by atoms with Crippen LogP contribution in [0.25, 0.3) is 0 Å². The second kappa shape index (κ2) is 5.63. The van der Waals surface area contributed by atoms with Crippen molar-refractivity contribution in [2.24, 2.45) is 5.92 Å². The number of carbonyl (C=O) groups excluding carboxylic acids is 1. The maximum atomic E-state index is 12.7. The summed E-state index contributed by atoms with van der Waals surface area (Å²) in [5.74, 6) is 0.898. The van der Waals surface area contributed by atoms with Gasteiger partial charge in [-0.15, -0.1) is 11.3 Å². The summed E-state index contributed by atoms with van der Waals surface area (Å²) in [6, 6.07) is 4.21. The molecule has 1 aliphatic heterocycles. The number of nitrogens with one attached hydrogen (secondary N) is 2. The molecule has 1 aromatic heterocycles. The van der Waals surface area contributed by atoms with Crippen LogP contribution in [0.15, 0.2) is 17.5 Å². The van der Waals surface area contributed by atoms with Crippen molar-refractivity contribution < 1.29 is 4.79 Å². The smallest absolute Gasteiger partial charge is 0.231 e. The fraction of sp³-hybridized carbons (Fsp3) is 0.667. The second-order valence-electron chi connectivity index (χ2n) is 5.85. The molecule has 1 aliphatic carbocycles. The molecule has 2 heterocycles. The zero-order valence-corrected chi connectivity index (χ0v) is 12.1. The molecule has 104 valence electrons. The van der Waals surface area contributed by atoms with Crippen molar-refractivity contribution in [3.63, 3.8) is 0 Å². The maximum Gasteiger partial charge on any atom is 0.231 e. The van der Waals surface area contributed by atoms with Crippen molar-refractivity contribution in [2.75, 3.05) is 19.6 Å². The van der Waals surface area contributed by atoms with Gasteiger partial charge in [0.25, 0.3) is 0 Å². The fourth-order valence-corrected chi connectivity index (χ4v) is 4.17. The number of hydrogen-bond acceptors (Lipinski definition) is 3. The van der Waals surface area contributed by atoms with Crippen LogP contribution in [0.4, 0.5) is 0 Å². The van der Waals surface area contributed by atoms with Crippen molar-refractivity contribution in [1.29, 1.82) is 0 Å². The van der Waals surface area contributed by atoms with E-state index >= 15 is 0 Å². The zero-order valence-electron chi connectivity index (χ0n) is 11.3. The molecule has 3 nitrogen and oxygen atoms in total. The molecular weight excluding hydrogens is 256 g/mol. The van der Waals surface area contributed by atoms with E-state index in [0.29, 0.717) is 5.92 Å². The highest BCUT2D eigenvalue weighted by atomic mass is 32.1. The molecule has 2 N–H and O–H groups in total. The van der Waals surface area contributed by atoms with Crippen molar-refractivity contribution in [3.8, 4) is 0 Å². The van der Waals surface area contributed by atoms with E-state index in [0.717, 1.165) is 32.5 Å². The lowest BCUT2D eigenvalue weighted by Crippen LogP contribution is -2.52. The Bertz CT molecular complexity index is 419. The third-order valence-electron chi connectivity index (χ3n) is 4.55. The van der Waals surface area contributed by atoms with Crippen LogP contribution in [0.2, 0.25) is 0 Å². The molecule has 0 aromatic carbocycles. The Balaban J connectivity index is 1.72. The molecular formula is C15H22N2OS. The van der Waals surface area contributed by atoms with Crippen LogP contribution in [0.1, 0.15) is 37.0 Å². The Labute approximate surface area is 118 Å². The van der Waals surface area contributed by atoms with Gasteiger partial charge in [-0.3, -0.25) is 4.79 Å². The number of rotatable bonds is 4. The van der Waals surface area contributed by atoms with Gasteiger partial charge < -0.3 is 10.6 Å². The van der Waals surface area contributed by atoms with Crippen molar-refractivity contribution in [3.05, 3.63) is 22.4 Å². The zero-order chi connectivity index (χ0) is 13.1. The van der Waals surface area contributed by atoms with E-state index in [4.69, 9.17) is 0 Å². The summed E-state index contributed by atoms with van der Waals surface area (Å²) in [5, 5.41) is 8.56. The van der Waals surface area contributed by atoms with E-state index in [1.165, 1.54) is 24.1 Å². The molecule has 1 aromatic rings. The van der Waals surface area contributed by atoms with Crippen molar-refractivity contribution in [2.45, 2.75) is 37.5 Å². The summed E-state index contributed by atoms with van der Waals surface area (Å²) in [6.45, 7) is 2.93. The SMILES string of the molecule is O=C(NCC1CNC1)C1(c2cccs2)CCCCC1. The predicted octanol–water partition coefficient (Wildman–Crippen LogP) is 2.29. The lowest BCUT2D eigenvalue weighted by atomic mass is 9.72. The lowest BCUT2D eigenvalue weighted by molar-refractivity contribution is -0.128. The molecule has 0 spiro atoms. The molecule has 0 radical (unpaired) electrons. The molecule has 1 saturated carbocycles. The number of hydrogen-bond donors (Lipinski definition) is 2. The minimum absolute atomic E-state index is 0.233. The first-order valence-electron chi connectivity index (χ1n) is 7.34. The number of amides is 1. The van der Waals surface area contributed by atoms with E-state index in [1.807, 2.05) is 0 Å². The summed E-state index contributed by atoms with van der Waals surface area (Å²) in [5.41, 5.74) is -0.233. The van der Waals surface area contributed by atoms with Gasteiger partial charge in [0.15, 0.2) is 0 Å². The van der Waals surface area contributed by atoms with Crippen LogP contribution in [0.5, 0.6) is 0 Å². The second-order valence-corrected chi connectivity index (χ2v) is 6.80. The molecule has 0 atom stereocenters. The molecule has 4 heteroatoms. The first-order chi connectivity index (χ1) is 9.31. The monoisotopic (exact) mass is 278 g/mol. The number of carbonyl (C=O) groups is 1. The third kappa shape index (κ3) is 2.56. The van der Waals surface area contributed by atoms with E-state index in [2.05, 4.69) is 28.1 Å². The van der Waals surface area contributed by atoms with Crippen LogP contribution in [0.3, 0.4) is 0 Å². The molecule has 2 aliphatic rings. The largest absolute Gasteiger partial charge is 0.355 e. The first kappa shape index (κ1) is 13.1. The first-order valence-corrected chi connectivity index (χ1v) is 8.22. The average Bonchev–Trinajstić information content (AvgIpc) is 2.92. The molecule has 1 saturated heterocycles. The Morgan fingerprint density at radius 3 is 2.74 bits per heavy atom. The lowest BCUT2D eigenvalue weighted by Gasteiger charge is -2.36. The molecule has 3 rings (SSSR count). The molecule has 2 fully saturated rings. The summed E-state index contributed by atoms with van der Waals surface area (Å²) < 4.78 is 0. The van der Waals surface area contributed by atoms with Crippen LogP contribution < -0.4 is 10.6 Å². The highest BCUT2D eigenvalue weighted by molar-refractivity contribution is 7.10. The van der Waals surface area contributed by atoms with Gasteiger partial charge in [-0.05, 0) is 24.3 Å². The fourth-order valence-electron chi connectivity index (χ4n) is 3.19. The summed E-state index contributed by atoms with van der Waals surface area (Å²) >= 11 is 1.74. The van der Waals surface area contributed by atoms with Crippen LogP contribution >= 0.6 is 11.3 Å². The molecule has 0 bridgehead atoms. The summed E-state index contributed by atoms with van der Waals surface area (Å²) in [6.07, 6.45) is 5.66. The number of thiophene rings is 1. The molecule has 1 amide bonds. The Morgan fingerprint density at radius 2 is 2.16 bits per heavy atom. The van der Waals surface area contributed by atoms with Crippen LogP contribution in [0, 0.1) is 5.92 Å². The normalized spacial score (nSPS) is 22.7. The van der Waals surface area contributed by atoms with Gasteiger partial charge in [-0.2, -0.15) is 0 Å². The summed E-state index contributed by atoms with van der Waals surface area (Å²) in [4.78, 5) is 14.0. The highest BCUT2D eigenvalue weighted by Gasteiger charge is 2.42. The van der Waals surface area contributed by atoms with Gasteiger partial charge in [0.1, 0.15) is 0 Å². The highest BCUT2D eigenvalue weighted by Crippen LogP contribution is 2.41. The van der Waals surface area contributed by atoms with Crippen molar-refractivity contribution >= 4 is 17.2 Å². The Morgan fingerprint density at radius 1 is 1.37 bits per heavy atom. The quantitative estimate of drug-likeness (QED) is 0.887.